The summed E-state index contributed by atoms with van der Waals surface area (Å²) in [5.74, 6) is 1.08. The molecule has 4 heteroatoms. The highest BCUT2D eigenvalue weighted by Gasteiger charge is 2.09. The van der Waals surface area contributed by atoms with Gasteiger partial charge in [-0.25, -0.2) is 0 Å². The Labute approximate surface area is 80.0 Å². The number of methoxy groups -OCH3 is 1. The Morgan fingerprint density at radius 1 is 1.29 bits per heavy atom. The van der Waals surface area contributed by atoms with Crippen molar-refractivity contribution in [1.29, 1.82) is 0 Å². The largest absolute Gasteiger partial charge is 0.493 e. The number of fused-ring (bicyclic) bond motifs is 1. The molecule has 0 spiro atoms. The molecule has 4 nitrogen and oxygen atoms in total. The normalized spacial score (nSPS) is 10.1. The van der Waals surface area contributed by atoms with E-state index >= 15 is 0 Å². The van der Waals surface area contributed by atoms with Crippen LogP contribution in [0.15, 0.2) is 28.9 Å². The van der Waals surface area contributed by atoms with E-state index in [1.165, 1.54) is 6.26 Å². The molecular weight excluding hydrogens is 184 g/mol. The van der Waals surface area contributed by atoms with Crippen LogP contribution in [-0.4, -0.2) is 13.6 Å². The first-order chi connectivity index (χ1) is 6.86. The number of furan rings is 1. The van der Waals surface area contributed by atoms with Gasteiger partial charge in [0.15, 0.2) is 11.3 Å². The number of ether oxygens (including phenoxy) is 2. The Hall–Kier alpha value is -1.97. The first kappa shape index (κ1) is 8.62. The molecule has 1 aromatic heterocycles. The van der Waals surface area contributed by atoms with Crippen LogP contribution in [0.2, 0.25) is 0 Å². The van der Waals surface area contributed by atoms with Gasteiger partial charge in [0.05, 0.1) is 18.8 Å². The number of hydrogen-bond donors (Lipinski definition) is 0. The van der Waals surface area contributed by atoms with Gasteiger partial charge in [0, 0.05) is 0 Å². The van der Waals surface area contributed by atoms with E-state index in [0.29, 0.717) is 23.6 Å². The number of hydrogen-bond acceptors (Lipinski definition) is 4. The van der Waals surface area contributed by atoms with Crippen molar-refractivity contribution in [3.8, 4) is 11.5 Å². The number of benzene rings is 1. The zero-order valence-corrected chi connectivity index (χ0v) is 7.52. The molecule has 2 rings (SSSR count). The minimum Gasteiger partial charge on any atom is -0.493 e. The lowest BCUT2D eigenvalue weighted by Gasteiger charge is -2.03. The topological polar surface area (TPSA) is 48.7 Å². The van der Waals surface area contributed by atoms with Crippen molar-refractivity contribution < 1.29 is 18.7 Å². The molecule has 0 fully saturated rings. The summed E-state index contributed by atoms with van der Waals surface area (Å²) in [5.41, 5.74) is 0.576. The highest BCUT2D eigenvalue weighted by molar-refractivity contribution is 5.89. The predicted molar refractivity (Wildman–Crippen MR) is 49.5 cm³/mol. The summed E-state index contributed by atoms with van der Waals surface area (Å²) < 4.78 is 15.1. The Bertz CT molecular complexity index is 458. The Balaban J connectivity index is 2.65. The molecule has 72 valence electrons. The second-order valence-electron chi connectivity index (χ2n) is 2.64. The summed E-state index contributed by atoms with van der Waals surface area (Å²) in [4.78, 5) is 10.2. The van der Waals surface area contributed by atoms with Crippen LogP contribution >= 0.6 is 0 Å². The Morgan fingerprint density at radius 3 is 2.79 bits per heavy atom. The number of rotatable bonds is 3. The van der Waals surface area contributed by atoms with Gasteiger partial charge in [-0.05, 0) is 18.2 Å². The van der Waals surface area contributed by atoms with Crippen molar-refractivity contribution in [2.75, 3.05) is 7.11 Å². The fourth-order valence-corrected chi connectivity index (χ4v) is 1.33. The monoisotopic (exact) mass is 192 g/mol. The maximum absolute atomic E-state index is 10.2. The third kappa shape index (κ3) is 1.21. The van der Waals surface area contributed by atoms with Crippen LogP contribution in [0, 0.1) is 0 Å². The van der Waals surface area contributed by atoms with Gasteiger partial charge in [-0.2, -0.15) is 0 Å². The van der Waals surface area contributed by atoms with Gasteiger partial charge >= 0.3 is 0 Å². The van der Waals surface area contributed by atoms with Gasteiger partial charge in [0.1, 0.15) is 5.75 Å². The fourth-order valence-electron chi connectivity index (χ4n) is 1.33. The smallest absolute Gasteiger partial charge is 0.298 e. The van der Waals surface area contributed by atoms with E-state index in [1.807, 2.05) is 0 Å². The molecule has 0 saturated heterocycles. The van der Waals surface area contributed by atoms with Crippen LogP contribution in [0.5, 0.6) is 11.5 Å². The van der Waals surface area contributed by atoms with E-state index in [1.54, 1.807) is 25.3 Å². The number of carbonyl (C=O) groups is 1. The lowest BCUT2D eigenvalue weighted by Crippen LogP contribution is -1.90. The van der Waals surface area contributed by atoms with Crippen molar-refractivity contribution in [1.82, 2.24) is 0 Å². The lowest BCUT2D eigenvalue weighted by atomic mass is 10.2. The first-order valence-electron chi connectivity index (χ1n) is 4.01. The molecule has 0 unspecified atom stereocenters. The maximum atomic E-state index is 10.2. The molecule has 0 bridgehead atoms. The summed E-state index contributed by atoms with van der Waals surface area (Å²) >= 11 is 0. The van der Waals surface area contributed by atoms with Gasteiger partial charge in [0.25, 0.3) is 6.47 Å². The van der Waals surface area contributed by atoms with E-state index in [9.17, 15) is 4.79 Å². The summed E-state index contributed by atoms with van der Waals surface area (Å²) in [6.07, 6.45) is 1.52. The quantitative estimate of drug-likeness (QED) is 0.697. The molecule has 1 aromatic carbocycles. The molecule has 0 aliphatic rings. The van der Waals surface area contributed by atoms with Crippen molar-refractivity contribution in [3.63, 3.8) is 0 Å². The summed E-state index contributed by atoms with van der Waals surface area (Å²) in [6.45, 7) is 0.383. The summed E-state index contributed by atoms with van der Waals surface area (Å²) in [7, 11) is 1.55. The minimum atomic E-state index is 0.383. The molecule has 0 radical (unpaired) electrons. The van der Waals surface area contributed by atoms with E-state index in [2.05, 4.69) is 0 Å². The van der Waals surface area contributed by atoms with Crippen LogP contribution in [0.3, 0.4) is 0 Å². The summed E-state index contributed by atoms with van der Waals surface area (Å²) in [6, 6.07) is 5.06. The van der Waals surface area contributed by atoms with E-state index < -0.39 is 0 Å². The van der Waals surface area contributed by atoms with Crippen molar-refractivity contribution in [2.45, 2.75) is 0 Å². The third-order valence-corrected chi connectivity index (χ3v) is 1.94. The Kier molecular flexibility index (Phi) is 2.10. The van der Waals surface area contributed by atoms with Crippen molar-refractivity contribution in [2.24, 2.45) is 0 Å². The molecule has 2 aromatic rings. The molecule has 0 aliphatic carbocycles. The summed E-state index contributed by atoms with van der Waals surface area (Å²) in [5, 5.41) is 0.719. The highest BCUT2D eigenvalue weighted by atomic mass is 16.5. The van der Waals surface area contributed by atoms with Gasteiger partial charge < -0.3 is 13.9 Å². The van der Waals surface area contributed by atoms with E-state index in [0.717, 1.165) is 5.39 Å². The second kappa shape index (κ2) is 3.41. The van der Waals surface area contributed by atoms with Crippen molar-refractivity contribution in [3.05, 3.63) is 24.5 Å². The average Bonchev–Trinajstić information content (AvgIpc) is 2.67. The molecule has 14 heavy (non-hydrogen) atoms. The molecular formula is C10H8O4. The molecule has 0 aliphatic heterocycles. The molecule has 0 saturated carbocycles. The second-order valence-corrected chi connectivity index (χ2v) is 2.64. The first-order valence-corrected chi connectivity index (χ1v) is 4.01. The molecule has 1 heterocycles. The van der Waals surface area contributed by atoms with E-state index in [4.69, 9.17) is 13.9 Å². The highest BCUT2D eigenvalue weighted by Crippen LogP contribution is 2.33. The SMILES string of the molecule is COc1ccc(OC=O)c2ccoc12. The minimum absolute atomic E-state index is 0.383. The third-order valence-electron chi connectivity index (χ3n) is 1.94. The van der Waals surface area contributed by atoms with Crippen LogP contribution in [-0.2, 0) is 4.79 Å². The van der Waals surface area contributed by atoms with Crippen LogP contribution in [0.25, 0.3) is 11.0 Å². The predicted octanol–water partition coefficient (Wildman–Crippen LogP) is 1.98. The maximum Gasteiger partial charge on any atom is 0.298 e. The van der Waals surface area contributed by atoms with Gasteiger partial charge in [-0.3, -0.25) is 4.79 Å². The molecule has 0 amide bonds. The van der Waals surface area contributed by atoms with Crippen molar-refractivity contribution >= 4 is 17.4 Å². The Morgan fingerprint density at radius 2 is 2.07 bits per heavy atom. The van der Waals surface area contributed by atoms with Crippen LogP contribution < -0.4 is 9.47 Å². The van der Waals surface area contributed by atoms with Crippen LogP contribution in [0.1, 0.15) is 0 Å². The standard InChI is InChI=1S/C10H8O4/c1-12-9-3-2-8(14-6-11)7-4-5-13-10(7)9/h2-6H,1H3. The van der Waals surface area contributed by atoms with Gasteiger partial charge in [-0.15, -0.1) is 0 Å². The van der Waals surface area contributed by atoms with E-state index in [-0.39, 0.29) is 0 Å². The fraction of sp³-hybridized carbons (Fsp3) is 0.100. The molecule has 0 N–H and O–H groups in total. The average molecular weight is 192 g/mol. The number of carbonyl (C=O) groups excluding carboxylic acids is 1. The van der Waals surface area contributed by atoms with Crippen LogP contribution in [0.4, 0.5) is 0 Å². The molecule has 0 atom stereocenters. The lowest BCUT2D eigenvalue weighted by molar-refractivity contribution is -0.120. The van der Waals surface area contributed by atoms with Gasteiger partial charge in [-0.1, -0.05) is 0 Å². The van der Waals surface area contributed by atoms with Gasteiger partial charge in [0.2, 0.25) is 0 Å². The zero-order chi connectivity index (χ0) is 9.97. The zero-order valence-electron chi connectivity index (χ0n) is 7.52.